The number of hydrogen-bond acceptors (Lipinski definition) is 5. The molecule has 0 atom stereocenters. The van der Waals surface area contributed by atoms with E-state index in [1.807, 2.05) is 13.8 Å². The Balaban J connectivity index is 2.49. The van der Waals surface area contributed by atoms with Crippen molar-refractivity contribution in [3.8, 4) is 17.2 Å². The molecule has 1 aromatic carbocycles. The van der Waals surface area contributed by atoms with Crippen LogP contribution < -0.4 is 10.1 Å². The van der Waals surface area contributed by atoms with Crippen LogP contribution in [0.5, 0.6) is 17.2 Å². The van der Waals surface area contributed by atoms with E-state index in [1.165, 1.54) is 6.07 Å². The van der Waals surface area contributed by atoms with Gasteiger partial charge in [-0.3, -0.25) is 4.79 Å². The quantitative estimate of drug-likeness (QED) is 0.591. The molecule has 0 unspecified atom stereocenters. The van der Waals surface area contributed by atoms with Gasteiger partial charge in [0.1, 0.15) is 28.1 Å². The summed E-state index contributed by atoms with van der Waals surface area (Å²) in [6, 6.07) is 3.14. The average Bonchev–Trinajstić information content (AvgIpc) is 2.54. The van der Waals surface area contributed by atoms with Crippen LogP contribution in [0.25, 0.3) is 0 Å². The van der Waals surface area contributed by atoms with E-state index in [2.05, 4.69) is 10.3 Å². The number of nitrogens with zero attached hydrogens (tertiary/aromatic N) is 1. The number of nitrogens with one attached hydrogen (secondary N) is 1. The van der Waals surface area contributed by atoms with E-state index in [-0.39, 0.29) is 28.3 Å². The first kappa shape index (κ1) is 20.1. The number of pyridine rings is 1. The van der Waals surface area contributed by atoms with Gasteiger partial charge in [-0.05, 0) is 30.5 Å². The molecule has 0 radical (unpaired) electrons. The molecular formula is C17H17Cl2FN2O4. The summed E-state index contributed by atoms with van der Waals surface area (Å²) in [7, 11) is 0. The maximum Gasteiger partial charge on any atom is 0.322 e. The van der Waals surface area contributed by atoms with E-state index in [4.69, 9.17) is 33.0 Å². The molecule has 0 fully saturated rings. The number of aromatic hydroxyl groups is 1. The van der Waals surface area contributed by atoms with E-state index in [9.17, 15) is 14.3 Å². The zero-order chi connectivity index (χ0) is 19.6. The normalized spacial score (nSPS) is 10.9. The highest BCUT2D eigenvalue weighted by Gasteiger charge is 2.21. The standard InChI is InChI=1S/C17H17Cl2FN2O4/c1-7(2)9-5-11(8(3)4-10(9)23)26-15-13(18)16(20)22-17(14(15)19)21-6-12(24)25/h4-5,7,23H,6H2,1-3H3,(H,21,22)(H,24,25). The smallest absolute Gasteiger partial charge is 0.322 e. The second kappa shape index (κ2) is 7.97. The molecule has 1 heterocycles. The summed E-state index contributed by atoms with van der Waals surface area (Å²) >= 11 is 12.1. The monoisotopic (exact) mass is 402 g/mol. The molecule has 6 nitrogen and oxygen atoms in total. The molecule has 140 valence electrons. The summed E-state index contributed by atoms with van der Waals surface area (Å²) < 4.78 is 19.7. The summed E-state index contributed by atoms with van der Waals surface area (Å²) in [5.74, 6) is -2.16. The number of anilines is 1. The number of ether oxygens (including phenoxy) is 1. The number of rotatable bonds is 6. The molecule has 0 saturated carbocycles. The Kier molecular flexibility index (Phi) is 6.15. The van der Waals surface area contributed by atoms with E-state index >= 15 is 0 Å². The number of carboxylic acids is 1. The lowest BCUT2D eigenvalue weighted by Crippen LogP contribution is -2.14. The number of carbonyl (C=O) groups is 1. The molecule has 0 aliphatic rings. The van der Waals surface area contributed by atoms with Crippen molar-refractivity contribution in [1.29, 1.82) is 0 Å². The van der Waals surface area contributed by atoms with Crippen LogP contribution in [-0.2, 0) is 4.79 Å². The fraction of sp³-hybridized carbons (Fsp3) is 0.294. The van der Waals surface area contributed by atoms with Gasteiger partial charge >= 0.3 is 5.97 Å². The lowest BCUT2D eigenvalue weighted by molar-refractivity contribution is -0.134. The van der Waals surface area contributed by atoms with Gasteiger partial charge < -0.3 is 20.3 Å². The largest absolute Gasteiger partial charge is 0.508 e. The molecule has 0 aliphatic heterocycles. The third kappa shape index (κ3) is 4.28. The van der Waals surface area contributed by atoms with Crippen LogP contribution in [-0.4, -0.2) is 27.7 Å². The highest BCUT2D eigenvalue weighted by Crippen LogP contribution is 2.43. The Morgan fingerprint density at radius 1 is 1.35 bits per heavy atom. The van der Waals surface area contributed by atoms with Crippen LogP contribution in [0.2, 0.25) is 10.0 Å². The van der Waals surface area contributed by atoms with Crippen LogP contribution >= 0.6 is 23.2 Å². The molecule has 0 bridgehead atoms. The predicted molar refractivity (Wildman–Crippen MR) is 97.3 cm³/mol. The van der Waals surface area contributed by atoms with Crippen molar-refractivity contribution in [3.63, 3.8) is 0 Å². The van der Waals surface area contributed by atoms with Gasteiger partial charge in [0.2, 0.25) is 5.95 Å². The molecule has 0 aliphatic carbocycles. The van der Waals surface area contributed by atoms with Crippen molar-refractivity contribution in [1.82, 2.24) is 4.98 Å². The van der Waals surface area contributed by atoms with Crippen molar-refractivity contribution in [2.45, 2.75) is 26.7 Å². The van der Waals surface area contributed by atoms with E-state index in [0.29, 0.717) is 16.9 Å². The van der Waals surface area contributed by atoms with Gasteiger partial charge in [-0.2, -0.15) is 9.37 Å². The summed E-state index contributed by atoms with van der Waals surface area (Å²) in [6.45, 7) is 4.98. The second-order valence-corrected chi connectivity index (χ2v) is 6.64. The first-order chi connectivity index (χ1) is 12.1. The second-order valence-electron chi connectivity index (χ2n) is 5.89. The van der Waals surface area contributed by atoms with Gasteiger partial charge in [0, 0.05) is 5.56 Å². The average molecular weight is 403 g/mol. The van der Waals surface area contributed by atoms with Gasteiger partial charge in [0.25, 0.3) is 0 Å². The Labute approximate surface area is 159 Å². The van der Waals surface area contributed by atoms with E-state index in [1.54, 1.807) is 13.0 Å². The van der Waals surface area contributed by atoms with Crippen LogP contribution in [0.15, 0.2) is 12.1 Å². The van der Waals surface area contributed by atoms with Crippen molar-refractivity contribution in [2.75, 3.05) is 11.9 Å². The van der Waals surface area contributed by atoms with Gasteiger partial charge in [-0.1, -0.05) is 37.0 Å². The third-order valence-electron chi connectivity index (χ3n) is 3.56. The number of hydrogen-bond donors (Lipinski definition) is 3. The fourth-order valence-electron chi connectivity index (χ4n) is 2.23. The van der Waals surface area contributed by atoms with Gasteiger partial charge in [0.05, 0.1) is 0 Å². The minimum atomic E-state index is -1.17. The number of carboxylic acid groups (broad SMARTS) is 1. The molecule has 2 rings (SSSR count). The first-order valence-electron chi connectivity index (χ1n) is 7.63. The SMILES string of the molecule is Cc1cc(O)c(C(C)C)cc1Oc1c(Cl)c(F)nc(NCC(=O)O)c1Cl. The molecule has 0 amide bonds. The third-order valence-corrected chi connectivity index (χ3v) is 4.24. The minimum Gasteiger partial charge on any atom is -0.508 e. The number of aliphatic carboxylic acids is 1. The predicted octanol–water partition coefficient (Wildman–Crippen LogP) is 4.95. The van der Waals surface area contributed by atoms with Crippen molar-refractivity contribution in [3.05, 3.63) is 39.3 Å². The molecule has 0 saturated heterocycles. The molecule has 26 heavy (non-hydrogen) atoms. The Bertz CT molecular complexity index is 859. The molecule has 2 aromatic rings. The van der Waals surface area contributed by atoms with Crippen molar-refractivity contribution >= 4 is 35.0 Å². The minimum absolute atomic E-state index is 0.0193. The molecular weight excluding hydrogens is 386 g/mol. The van der Waals surface area contributed by atoms with E-state index < -0.39 is 23.5 Å². The van der Waals surface area contributed by atoms with Gasteiger partial charge in [0.15, 0.2) is 11.6 Å². The maximum absolute atomic E-state index is 14.0. The topological polar surface area (TPSA) is 91.7 Å². The van der Waals surface area contributed by atoms with Gasteiger partial charge in [-0.15, -0.1) is 0 Å². The highest BCUT2D eigenvalue weighted by molar-refractivity contribution is 6.38. The number of phenolic OH excluding ortho intramolecular Hbond substituents is 1. The highest BCUT2D eigenvalue weighted by atomic mass is 35.5. The molecule has 1 aromatic heterocycles. The van der Waals surface area contributed by atoms with Crippen LogP contribution in [0.3, 0.4) is 0 Å². The molecule has 3 N–H and O–H groups in total. The first-order valence-corrected chi connectivity index (χ1v) is 8.38. The Hall–Kier alpha value is -2.25. The number of aryl methyl sites for hydroxylation is 1. The number of halogens is 3. The maximum atomic E-state index is 14.0. The van der Waals surface area contributed by atoms with Crippen LogP contribution in [0, 0.1) is 12.9 Å². The summed E-state index contributed by atoms with van der Waals surface area (Å²) in [6.07, 6.45) is 0. The number of aromatic nitrogens is 1. The van der Waals surface area contributed by atoms with Crippen LogP contribution in [0.4, 0.5) is 10.2 Å². The number of phenols is 1. The lowest BCUT2D eigenvalue weighted by Gasteiger charge is -2.17. The zero-order valence-corrected chi connectivity index (χ0v) is 15.7. The summed E-state index contributed by atoms with van der Waals surface area (Å²) in [5, 5.41) is 20.6. The fourth-order valence-corrected chi connectivity index (χ4v) is 2.70. The van der Waals surface area contributed by atoms with Crippen LogP contribution in [0.1, 0.15) is 30.9 Å². The Morgan fingerprint density at radius 3 is 2.58 bits per heavy atom. The summed E-state index contributed by atoms with van der Waals surface area (Å²) in [5.41, 5.74) is 1.22. The molecule has 0 spiro atoms. The number of benzene rings is 1. The van der Waals surface area contributed by atoms with Gasteiger partial charge in [-0.25, -0.2) is 0 Å². The van der Waals surface area contributed by atoms with E-state index in [0.717, 1.165) is 0 Å². The molecule has 9 heteroatoms. The van der Waals surface area contributed by atoms with Crippen molar-refractivity contribution < 1.29 is 24.1 Å². The summed E-state index contributed by atoms with van der Waals surface area (Å²) in [4.78, 5) is 14.2. The van der Waals surface area contributed by atoms with Crippen molar-refractivity contribution in [2.24, 2.45) is 0 Å². The Morgan fingerprint density at radius 2 is 2.00 bits per heavy atom. The lowest BCUT2D eigenvalue weighted by atomic mass is 10.00. The zero-order valence-electron chi connectivity index (χ0n) is 14.2.